The van der Waals surface area contributed by atoms with Gasteiger partial charge in [-0.3, -0.25) is 9.59 Å². The van der Waals surface area contributed by atoms with Gasteiger partial charge in [-0.25, -0.2) is 13.6 Å². The molecule has 2 heterocycles. The molecule has 2 aliphatic rings. The van der Waals surface area contributed by atoms with Crippen molar-refractivity contribution in [2.24, 2.45) is 15.8 Å². The molecule has 56 heavy (non-hydrogen) atoms. The van der Waals surface area contributed by atoms with E-state index in [0.717, 1.165) is 50.7 Å². The molecule has 1 aliphatic heterocycles. The van der Waals surface area contributed by atoms with Crippen molar-refractivity contribution < 1.29 is 28.0 Å². The van der Waals surface area contributed by atoms with Crippen LogP contribution in [0.15, 0.2) is 74.7 Å². The summed E-state index contributed by atoms with van der Waals surface area (Å²) in [6, 6.07) is 3.96. The summed E-state index contributed by atoms with van der Waals surface area (Å²) in [6.07, 6.45) is 7.06. The number of benzene rings is 1. The number of hydrogen-bond donors (Lipinski definition) is 2. The number of Topliss-reactive ketones (excluding diaryl/α,β-unsaturated/α-hetero) is 1. The summed E-state index contributed by atoms with van der Waals surface area (Å²) in [4.78, 5) is 36.6. The number of aromatic nitrogens is 1. The molecule has 0 atom stereocenters. The summed E-state index contributed by atoms with van der Waals surface area (Å²) >= 11 is 0. The third-order valence-electron chi connectivity index (χ3n) is 10.7. The topological polar surface area (TPSA) is 91.8 Å². The molecule has 0 fully saturated rings. The zero-order valence-electron chi connectivity index (χ0n) is 36.7. The number of halogens is 2. The normalized spacial score (nSPS) is 16.1. The van der Waals surface area contributed by atoms with Crippen molar-refractivity contribution in [3.8, 4) is 17.0 Å². The zero-order chi connectivity index (χ0) is 42.5. The Bertz CT molecular complexity index is 2040. The molecule has 0 unspecified atom stereocenters. The van der Waals surface area contributed by atoms with Gasteiger partial charge in [0, 0.05) is 39.6 Å². The first-order chi connectivity index (χ1) is 25.7. The van der Waals surface area contributed by atoms with Gasteiger partial charge in [0.15, 0.2) is 5.78 Å². The van der Waals surface area contributed by atoms with E-state index in [9.17, 15) is 23.3 Å². The number of H-pyrrole nitrogens is 1. The summed E-state index contributed by atoms with van der Waals surface area (Å²) in [6.45, 7) is 32.3. The highest BCUT2D eigenvalue weighted by Gasteiger charge is 2.37. The second-order valence-corrected chi connectivity index (χ2v) is 19.1. The molecule has 1 aromatic carbocycles. The number of rotatable bonds is 10. The van der Waals surface area contributed by atoms with Crippen LogP contribution in [0.4, 0.5) is 8.63 Å². The lowest BCUT2D eigenvalue weighted by atomic mass is 9.71. The van der Waals surface area contributed by atoms with Crippen molar-refractivity contribution in [3.05, 3.63) is 97.6 Å². The van der Waals surface area contributed by atoms with Gasteiger partial charge in [0.25, 0.3) is 0 Å². The number of aliphatic imine (C=N–C) groups is 1. The number of phenols is 1. The number of nitrogens with zero attached hydrogens (tertiary/aromatic N) is 1. The van der Waals surface area contributed by atoms with Crippen LogP contribution in [0.2, 0.25) is 0 Å². The Morgan fingerprint density at radius 2 is 1.25 bits per heavy atom. The number of ketones is 2. The maximum Gasteiger partial charge on any atom is 0.796 e. The minimum absolute atomic E-state index is 0.0124. The predicted molar refractivity (Wildman–Crippen MR) is 228 cm³/mol. The van der Waals surface area contributed by atoms with Crippen LogP contribution in [0, 0.1) is 10.8 Å². The van der Waals surface area contributed by atoms with Crippen LogP contribution in [0.3, 0.4) is 0 Å². The molecule has 0 spiro atoms. The van der Waals surface area contributed by atoms with Gasteiger partial charge in [-0.1, -0.05) is 111 Å². The molecule has 1 aromatic heterocycles. The van der Waals surface area contributed by atoms with E-state index in [1.54, 1.807) is 0 Å². The van der Waals surface area contributed by atoms with Crippen LogP contribution in [0.25, 0.3) is 11.3 Å². The molecular weight excluding hydrogens is 705 g/mol. The number of allylic oxidation sites excluding steroid dienone is 8. The number of phenolic OH excluding ortho intramolecular Hbond substituents is 1. The van der Waals surface area contributed by atoms with Crippen molar-refractivity contribution in [3.63, 3.8) is 0 Å². The monoisotopic (exact) mass is 768 g/mol. The van der Waals surface area contributed by atoms with Crippen LogP contribution >= 0.6 is 0 Å². The van der Waals surface area contributed by atoms with Crippen molar-refractivity contribution in [2.75, 3.05) is 0 Å². The minimum Gasteiger partial charge on any atom is -0.507 e. The molecule has 0 saturated heterocycles. The van der Waals surface area contributed by atoms with E-state index in [2.05, 4.69) is 46.5 Å². The fraction of sp³-hybridized carbons (Fsp3) is 0.511. The molecule has 9 heteroatoms. The van der Waals surface area contributed by atoms with Gasteiger partial charge < -0.3 is 14.7 Å². The Morgan fingerprint density at radius 3 is 1.64 bits per heavy atom. The summed E-state index contributed by atoms with van der Waals surface area (Å²) in [5.41, 5.74) is 7.99. The van der Waals surface area contributed by atoms with E-state index in [-0.39, 0.29) is 33.8 Å². The largest absolute Gasteiger partial charge is 0.796 e. The molecule has 0 amide bonds. The molecule has 2 aromatic rings. The molecule has 2 N–H and O–H groups in total. The molecule has 302 valence electrons. The number of carbonyl (C=O) groups excluding carboxylic acids is 2. The predicted octanol–water partition coefficient (Wildman–Crippen LogP) is 12.5. The van der Waals surface area contributed by atoms with Crippen LogP contribution < -0.4 is 0 Å². The third kappa shape index (κ3) is 8.82. The number of aromatic hydroxyl groups is 1. The fourth-order valence-corrected chi connectivity index (χ4v) is 7.80. The summed E-state index contributed by atoms with van der Waals surface area (Å²) in [5.74, 6) is -0.562. The molecule has 6 nitrogen and oxygen atoms in total. The second kappa shape index (κ2) is 15.9. The number of aromatic amines is 1. The third-order valence-corrected chi connectivity index (χ3v) is 10.7. The van der Waals surface area contributed by atoms with Crippen molar-refractivity contribution in [1.29, 1.82) is 0 Å². The first-order valence-corrected chi connectivity index (χ1v) is 20.1. The van der Waals surface area contributed by atoms with E-state index < -0.39 is 24.1 Å². The molecule has 0 radical (unpaired) electrons. The van der Waals surface area contributed by atoms with Crippen LogP contribution in [0.1, 0.15) is 156 Å². The quantitative estimate of drug-likeness (QED) is 0.109. The first-order valence-electron chi connectivity index (χ1n) is 20.1. The minimum atomic E-state index is -3.21. The summed E-state index contributed by atoms with van der Waals surface area (Å²) < 4.78 is 33.8. The Labute approximate surface area is 334 Å². The Kier molecular flexibility index (Phi) is 12.7. The molecule has 0 bridgehead atoms. The molecule has 4 rings (SSSR count). The summed E-state index contributed by atoms with van der Waals surface area (Å²) in [5, 5.41) is 11.4. The van der Waals surface area contributed by atoms with E-state index >= 15 is 0 Å². The average Bonchev–Trinajstić information content (AvgIpc) is 3.64. The zero-order valence-corrected chi connectivity index (χ0v) is 36.7. The van der Waals surface area contributed by atoms with Gasteiger partial charge in [-0.2, -0.15) is 0 Å². The average molecular weight is 769 g/mol. The Balaban J connectivity index is 2.00. The van der Waals surface area contributed by atoms with Gasteiger partial charge in [0.05, 0.1) is 11.4 Å². The smallest absolute Gasteiger partial charge is 0.507 e. The van der Waals surface area contributed by atoms with Crippen LogP contribution in [0.5, 0.6) is 5.75 Å². The van der Waals surface area contributed by atoms with Crippen molar-refractivity contribution in [1.82, 2.24) is 4.98 Å². The number of carbonyl (C=O) groups is 2. The molecular formula is C47H63BF2N2O4. The van der Waals surface area contributed by atoms with E-state index in [4.69, 9.17) is 9.65 Å². The molecule has 1 aliphatic carbocycles. The van der Waals surface area contributed by atoms with Crippen molar-refractivity contribution >= 4 is 24.7 Å². The Hall–Kier alpha value is -4.27. The van der Waals surface area contributed by atoms with Crippen LogP contribution in [-0.2, 0) is 33.1 Å². The number of hydrogen-bond acceptors (Lipinski definition) is 5. The van der Waals surface area contributed by atoms with E-state index in [0.29, 0.717) is 53.8 Å². The van der Waals surface area contributed by atoms with E-state index in [1.165, 1.54) is 0 Å². The first kappa shape index (κ1) is 44.4. The van der Waals surface area contributed by atoms with Crippen molar-refractivity contribution in [2.45, 2.75) is 147 Å². The van der Waals surface area contributed by atoms with Gasteiger partial charge in [0.1, 0.15) is 17.2 Å². The Morgan fingerprint density at radius 1 is 0.768 bits per heavy atom. The van der Waals surface area contributed by atoms with E-state index in [1.807, 2.05) is 93.5 Å². The molecule has 0 saturated carbocycles. The van der Waals surface area contributed by atoms with Gasteiger partial charge in [-0.15, -0.1) is 0 Å². The highest BCUT2D eigenvalue weighted by atomic mass is 19.2. The SMILES string of the molecule is CCC1=C(CC)C(=C2C=C(C(C)(C)C)C(=O)C(C(C)(C)C)=C2)N=C1/C(=C/C(=O)c1[nH]c(-c2cc(C(C)(C)C)c(O)c(C(C)(C)C)c2)c(CC)c1CC)OB(F)F. The maximum atomic E-state index is 14.5. The standard InChI is InChI=1S/C47H63BF2N2O4/c1-17-28-30(19-3)40(51-38(28)26-21-32(44(5,6)7)42(54)33(22-26)45(8,9)10)36(53)25-37(56-48(49)50)41-31(20-4)29(18-2)39(52-41)27-23-34(46(11,12)13)43(55)35(24-27)47(14,15)16/h21-25,51,54H,17-20H2,1-16H3/b37-25-. The number of nitrogens with one attached hydrogen (secondary N) is 1. The fourth-order valence-electron chi connectivity index (χ4n) is 7.80. The van der Waals surface area contributed by atoms with Gasteiger partial charge >= 0.3 is 7.47 Å². The maximum absolute atomic E-state index is 14.5. The lowest BCUT2D eigenvalue weighted by Gasteiger charge is -2.31. The summed E-state index contributed by atoms with van der Waals surface area (Å²) in [7, 11) is -3.21. The van der Waals surface area contributed by atoms with Gasteiger partial charge in [-0.05, 0) is 99.5 Å². The van der Waals surface area contributed by atoms with Gasteiger partial charge in [0.2, 0.25) is 5.78 Å². The second-order valence-electron chi connectivity index (χ2n) is 19.1. The van der Waals surface area contributed by atoms with Crippen LogP contribution in [-0.4, -0.2) is 34.8 Å². The lowest BCUT2D eigenvalue weighted by molar-refractivity contribution is -0.114. The highest BCUT2D eigenvalue weighted by Crippen LogP contribution is 2.45. The lowest BCUT2D eigenvalue weighted by Crippen LogP contribution is -2.28. The highest BCUT2D eigenvalue weighted by molar-refractivity contribution is 6.36.